The number of amides is 1. The van der Waals surface area contributed by atoms with Crippen molar-refractivity contribution in [2.75, 3.05) is 11.9 Å². The molecule has 25 heavy (non-hydrogen) atoms. The fraction of sp³-hybridized carbons (Fsp3) is 0.0588. The van der Waals surface area contributed by atoms with Gasteiger partial charge in [-0.25, -0.2) is 9.48 Å². The van der Waals surface area contributed by atoms with E-state index >= 15 is 0 Å². The first kappa shape index (κ1) is 16.4. The van der Waals surface area contributed by atoms with Crippen molar-refractivity contribution in [2.45, 2.75) is 0 Å². The molecule has 0 saturated carbocycles. The van der Waals surface area contributed by atoms with E-state index in [1.807, 2.05) is 6.07 Å². The van der Waals surface area contributed by atoms with Crippen LogP contribution in [0.1, 0.15) is 15.9 Å². The molecule has 124 valence electrons. The van der Waals surface area contributed by atoms with E-state index < -0.39 is 18.5 Å². The third-order valence-corrected chi connectivity index (χ3v) is 4.07. The Morgan fingerprint density at radius 3 is 2.76 bits per heavy atom. The summed E-state index contributed by atoms with van der Waals surface area (Å²) >= 11 is 1.23. The van der Waals surface area contributed by atoms with Crippen molar-refractivity contribution in [3.63, 3.8) is 0 Å². The molecule has 0 bridgehead atoms. The Hall–Kier alpha value is -3.44. The van der Waals surface area contributed by atoms with Crippen LogP contribution in [0.4, 0.5) is 5.00 Å². The predicted octanol–water partition coefficient (Wildman–Crippen LogP) is 2.60. The number of nitrogens with zero attached hydrogens (tertiary/aromatic N) is 3. The van der Waals surface area contributed by atoms with Gasteiger partial charge in [0.15, 0.2) is 6.61 Å². The van der Waals surface area contributed by atoms with Gasteiger partial charge in [-0.15, -0.1) is 11.3 Å². The van der Waals surface area contributed by atoms with Gasteiger partial charge >= 0.3 is 5.97 Å². The zero-order chi connectivity index (χ0) is 17.6. The maximum Gasteiger partial charge on any atom is 0.338 e. The molecule has 2 aromatic heterocycles. The van der Waals surface area contributed by atoms with Gasteiger partial charge in [0.1, 0.15) is 11.1 Å². The molecule has 0 spiro atoms. The number of anilines is 1. The number of thiophene rings is 1. The van der Waals surface area contributed by atoms with E-state index in [1.54, 1.807) is 58.9 Å². The highest BCUT2D eigenvalue weighted by molar-refractivity contribution is 7.14. The number of aromatic nitrogens is 2. The molecule has 0 saturated heterocycles. The minimum atomic E-state index is -0.603. The van der Waals surface area contributed by atoms with Crippen molar-refractivity contribution in [2.24, 2.45) is 0 Å². The molecule has 3 aromatic rings. The maximum absolute atomic E-state index is 12.0. The molecular weight excluding hydrogens is 340 g/mol. The van der Waals surface area contributed by atoms with Crippen molar-refractivity contribution in [1.29, 1.82) is 5.26 Å². The third-order valence-electron chi connectivity index (χ3n) is 3.24. The summed E-state index contributed by atoms with van der Waals surface area (Å²) in [5.41, 5.74) is 1.51. The number of carbonyl (C=O) groups excluding carboxylic acids is 2. The van der Waals surface area contributed by atoms with Crippen LogP contribution < -0.4 is 5.32 Å². The first-order valence-corrected chi connectivity index (χ1v) is 8.10. The molecule has 0 aliphatic rings. The second-order valence-corrected chi connectivity index (χ2v) is 5.81. The van der Waals surface area contributed by atoms with Crippen LogP contribution in [0.3, 0.4) is 0 Å². The minimum absolute atomic E-state index is 0.331. The lowest BCUT2D eigenvalue weighted by atomic mass is 10.2. The first-order valence-electron chi connectivity index (χ1n) is 7.22. The van der Waals surface area contributed by atoms with Gasteiger partial charge in [0, 0.05) is 12.4 Å². The van der Waals surface area contributed by atoms with E-state index in [-0.39, 0.29) is 0 Å². The summed E-state index contributed by atoms with van der Waals surface area (Å²) in [7, 11) is 0. The van der Waals surface area contributed by atoms with Crippen molar-refractivity contribution >= 4 is 28.2 Å². The Balaban J connectivity index is 1.55. The molecule has 0 aliphatic carbocycles. The summed E-state index contributed by atoms with van der Waals surface area (Å²) in [6.07, 6.45) is 3.45. The fourth-order valence-electron chi connectivity index (χ4n) is 2.04. The lowest BCUT2D eigenvalue weighted by Gasteiger charge is -2.06. The molecule has 0 aliphatic heterocycles. The van der Waals surface area contributed by atoms with Crippen molar-refractivity contribution < 1.29 is 14.3 Å². The smallest absolute Gasteiger partial charge is 0.338 e. The number of hydrogen-bond acceptors (Lipinski definition) is 6. The number of nitrogens with one attached hydrogen (secondary N) is 1. The highest BCUT2D eigenvalue weighted by Crippen LogP contribution is 2.21. The normalized spacial score (nSPS) is 10.0. The van der Waals surface area contributed by atoms with Gasteiger partial charge in [-0.05, 0) is 41.8 Å². The van der Waals surface area contributed by atoms with Gasteiger partial charge in [-0.2, -0.15) is 10.4 Å². The lowest BCUT2D eigenvalue weighted by Crippen LogP contribution is -2.20. The fourth-order valence-corrected chi connectivity index (χ4v) is 2.80. The number of ether oxygens (including phenoxy) is 1. The van der Waals surface area contributed by atoms with Crippen molar-refractivity contribution in [3.8, 4) is 11.8 Å². The van der Waals surface area contributed by atoms with Crippen LogP contribution in [0, 0.1) is 11.3 Å². The molecular formula is C17H12N4O3S. The molecule has 0 fully saturated rings. The molecule has 0 unspecified atom stereocenters. The molecule has 0 atom stereocenters. The number of benzene rings is 1. The molecule has 8 heteroatoms. The van der Waals surface area contributed by atoms with E-state index in [1.165, 1.54) is 11.3 Å². The van der Waals surface area contributed by atoms with Crippen LogP contribution in [0.5, 0.6) is 0 Å². The Morgan fingerprint density at radius 2 is 2.08 bits per heavy atom. The average Bonchev–Trinajstić information content (AvgIpc) is 3.31. The molecule has 7 nitrogen and oxygen atoms in total. The highest BCUT2D eigenvalue weighted by atomic mass is 32.1. The van der Waals surface area contributed by atoms with E-state index in [9.17, 15) is 9.59 Å². The molecule has 0 radical (unpaired) electrons. The predicted molar refractivity (Wildman–Crippen MR) is 91.5 cm³/mol. The summed E-state index contributed by atoms with van der Waals surface area (Å²) in [5, 5.41) is 17.7. The van der Waals surface area contributed by atoms with E-state index in [0.29, 0.717) is 16.1 Å². The Labute approximate surface area is 147 Å². The SMILES string of the molecule is N#Cc1ccsc1NC(=O)COC(=O)c1ccc(-n2cccn2)cc1. The molecule has 3 rings (SSSR count). The zero-order valence-electron chi connectivity index (χ0n) is 12.9. The Bertz CT molecular complexity index is 924. The van der Waals surface area contributed by atoms with Gasteiger partial charge in [-0.1, -0.05) is 0 Å². The minimum Gasteiger partial charge on any atom is -0.452 e. The second kappa shape index (κ2) is 7.42. The third kappa shape index (κ3) is 3.91. The number of nitriles is 1. The zero-order valence-corrected chi connectivity index (χ0v) is 13.7. The number of carbonyl (C=O) groups is 2. The van der Waals surface area contributed by atoms with Gasteiger partial charge in [0.05, 0.1) is 16.8 Å². The summed E-state index contributed by atoms with van der Waals surface area (Å²) in [6.45, 7) is -0.428. The van der Waals surface area contributed by atoms with Crippen LogP contribution >= 0.6 is 11.3 Å². The standard InChI is InChI=1S/C17H12N4O3S/c18-10-13-6-9-25-16(13)20-15(22)11-24-17(23)12-2-4-14(5-3-12)21-8-1-7-19-21/h1-9H,11H2,(H,20,22). The van der Waals surface area contributed by atoms with Crippen LogP contribution in [0.15, 0.2) is 54.2 Å². The Morgan fingerprint density at radius 1 is 1.28 bits per heavy atom. The first-order chi connectivity index (χ1) is 12.2. The van der Waals surface area contributed by atoms with Crippen molar-refractivity contribution in [1.82, 2.24) is 9.78 Å². The van der Waals surface area contributed by atoms with Crippen LogP contribution in [0.2, 0.25) is 0 Å². The summed E-state index contributed by atoms with van der Waals surface area (Å²) in [6, 6.07) is 12.0. The van der Waals surface area contributed by atoms with Gasteiger partial charge < -0.3 is 10.1 Å². The maximum atomic E-state index is 12.0. The summed E-state index contributed by atoms with van der Waals surface area (Å²) in [4.78, 5) is 23.8. The van der Waals surface area contributed by atoms with E-state index in [0.717, 1.165) is 5.69 Å². The van der Waals surface area contributed by atoms with Crippen LogP contribution in [-0.4, -0.2) is 28.3 Å². The number of esters is 1. The second-order valence-electron chi connectivity index (χ2n) is 4.90. The van der Waals surface area contributed by atoms with E-state index in [2.05, 4.69) is 10.4 Å². The lowest BCUT2D eigenvalue weighted by molar-refractivity contribution is -0.119. The van der Waals surface area contributed by atoms with E-state index in [4.69, 9.17) is 10.00 Å². The number of hydrogen-bond donors (Lipinski definition) is 1. The average molecular weight is 352 g/mol. The monoisotopic (exact) mass is 352 g/mol. The molecule has 1 amide bonds. The molecule has 1 N–H and O–H groups in total. The molecule has 1 aromatic carbocycles. The summed E-state index contributed by atoms with van der Waals surface area (Å²) < 4.78 is 6.65. The largest absolute Gasteiger partial charge is 0.452 e. The van der Waals surface area contributed by atoms with Crippen LogP contribution in [0.25, 0.3) is 5.69 Å². The van der Waals surface area contributed by atoms with Gasteiger partial charge in [0.2, 0.25) is 0 Å². The number of rotatable bonds is 5. The van der Waals surface area contributed by atoms with Crippen LogP contribution in [-0.2, 0) is 9.53 Å². The topological polar surface area (TPSA) is 97.0 Å². The molecule has 2 heterocycles. The van der Waals surface area contributed by atoms with Gasteiger partial charge in [0.25, 0.3) is 5.91 Å². The quantitative estimate of drug-likeness (QED) is 0.712. The summed E-state index contributed by atoms with van der Waals surface area (Å²) in [5.74, 6) is -1.10. The highest BCUT2D eigenvalue weighted by Gasteiger charge is 2.12. The van der Waals surface area contributed by atoms with Gasteiger partial charge in [-0.3, -0.25) is 4.79 Å². The Kier molecular flexibility index (Phi) is 4.87. The van der Waals surface area contributed by atoms with Crippen molar-refractivity contribution in [3.05, 3.63) is 65.3 Å².